The van der Waals surface area contributed by atoms with Crippen molar-refractivity contribution in [3.8, 4) is 11.4 Å². The number of anilines is 1. The minimum absolute atomic E-state index is 0.00543. The van der Waals surface area contributed by atoms with Crippen molar-refractivity contribution in [3.05, 3.63) is 59.7 Å². The Morgan fingerprint density at radius 2 is 1.70 bits per heavy atom. The summed E-state index contributed by atoms with van der Waals surface area (Å²) in [5.74, 6) is 0.966. The molecule has 0 aliphatic rings. The van der Waals surface area contributed by atoms with E-state index in [1.165, 1.54) is 11.8 Å². The molecule has 0 saturated carbocycles. The van der Waals surface area contributed by atoms with Crippen molar-refractivity contribution >= 4 is 29.1 Å². The van der Waals surface area contributed by atoms with Gasteiger partial charge in [0.15, 0.2) is 16.8 Å². The van der Waals surface area contributed by atoms with Crippen LogP contribution < -0.4 is 5.32 Å². The number of benzene rings is 2. The van der Waals surface area contributed by atoms with Crippen LogP contribution in [0.25, 0.3) is 11.4 Å². The molecular weight excluding hydrogens is 396 g/mol. The molecule has 7 heteroatoms. The second-order valence-corrected chi connectivity index (χ2v) is 9.12. The van der Waals surface area contributed by atoms with Crippen LogP contribution in [-0.4, -0.2) is 32.2 Å². The third kappa shape index (κ3) is 4.97. The van der Waals surface area contributed by atoms with Gasteiger partial charge >= 0.3 is 0 Å². The number of amides is 1. The number of ketones is 1. The number of hydrogen-bond donors (Lipinski definition) is 1. The highest BCUT2D eigenvalue weighted by Gasteiger charge is 2.21. The minimum Gasteiger partial charge on any atom is -0.326 e. The first-order valence-electron chi connectivity index (χ1n) is 9.69. The van der Waals surface area contributed by atoms with E-state index in [9.17, 15) is 9.59 Å². The number of Topliss-reactive ketones (excluding diaryl/α,β-unsaturated/α-hetero) is 1. The van der Waals surface area contributed by atoms with Crippen molar-refractivity contribution in [3.63, 3.8) is 0 Å². The summed E-state index contributed by atoms with van der Waals surface area (Å²) >= 11 is 1.36. The highest BCUT2D eigenvalue weighted by molar-refractivity contribution is 7.99. The van der Waals surface area contributed by atoms with E-state index in [4.69, 9.17) is 0 Å². The lowest BCUT2D eigenvalue weighted by Crippen LogP contribution is -2.27. The van der Waals surface area contributed by atoms with Crippen LogP contribution >= 0.6 is 11.8 Å². The van der Waals surface area contributed by atoms with E-state index in [2.05, 4.69) is 15.5 Å². The number of carbonyl (C=O) groups excluding carboxylic acids is 2. The SMILES string of the molecule is Cc1ccccc1-c1nnc(SCC(=O)c2ccc(NC(=O)C(C)(C)C)cc2)n1C. The van der Waals surface area contributed by atoms with Gasteiger partial charge < -0.3 is 9.88 Å². The molecule has 0 atom stereocenters. The van der Waals surface area contributed by atoms with Crippen molar-refractivity contribution in [1.29, 1.82) is 0 Å². The Hall–Kier alpha value is -2.93. The molecule has 0 saturated heterocycles. The van der Waals surface area contributed by atoms with E-state index in [0.717, 1.165) is 17.0 Å². The average molecular weight is 423 g/mol. The maximum atomic E-state index is 12.6. The van der Waals surface area contributed by atoms with Crippen LogP contribution in [0.4, 0.5) is 5.69 Å². The molecule has 1 heterocycles. The maximum Gasteiger partial charge on any atom is 0.229 e. The molecule has 0 aliphatic carbocycles. The summed E-state index contributed by atoms with van der Waals surface area (Å²) < 4.78 is 1.91. The summed E-state index contributed by atoms with van der Waals surface area (Å²) in [5.41, 5.74) is 2.95. The van der Waals surface area contributed by atoms with Crippen molar-refractivity contribution in [2.45, 2.75) is 32.9 Å². The van der Waals surface area contributed by atoms with Crippen LogP contribution in [0.3, 0.4) is 0 Å². The first-order chi connectivity index (χ1) is 14.2. The number of rotatable bonds is 6. The molecule has 0 bridgehead atoms. The molecular formula is C23H26N4O2S. The first-order valence-corrected chi connectivity index (χ1v) is 10.7. The molecule has 6 nitrogen and oxygen atoms in total. The number of carbonyl (C=O) groups is 2. The summed E-state index contributed by atoms with van der Waals surface area (Å²) in [7, 11) is 1.90. The molecule has 30 heavy (non-hydrogen) atoms. The monoisotopic (exact) mass is 422 g/mol. The van der Waals surface area contributed by atoms with Crippen molar-refractivity contribution in [2.24, 2.45) is 12.5 Å². The summed E-state index contributed by atoms with van der Waals surface area (Å²) in [6, 6.07) is 15.0. The van der Waals surface area contributed by atoms with E-state index in [1.54, 1.807) is 24.3 Å². The molecule has 156 valence electrons. The Labute approximate surface area is 181 Å². The van der Waals surface area contributed by atoms with Crippen LogP contribution in [0, 0.1) is 12.3 Å². The summed E-state index contributed by atoms with van der Waals surface area (Å²) in [6.45, 7) is 7.60. The number of nitrogens with one attached hydrogen (secondary N) is 1. The number of aryl methyl sites for hydroxylation is 1. The summed E-state index contributed by atoms with van der Waals surface area (Å²) in [5, 5.41) is 12.1. The van der Waals surface area contributed by atoms with Crippen molar-refractivity contribution in [2.75, 3.05) is 11.1 Å². The molecule has 3 rings (SSSR count). The van der Waals surface area contributed by atoms with Crippen molar-refractivity contribution in [1.82, 2.24) is 14.8 Å². The Morgan fingerprint density at radius 1 is 1.03 bits per heavy atom. The van der Waals surface area contributed by atoms with E-state index in [0.29, 0.717) is 16.4 Å². The van der Waals surface area contributed by atoms with Crippen LogP contribution in [0.5, 0.6) is 0 Å². The van der Waals surface area contributed by atoms with Gasteiger partial charge in [0.1, 0.15) is 0 Å². The van der Waals surface area contributed by atoms with Crippen LogP contribution in [0.2, 0.25) is 0 Å². The number of thioether (sulfide) groups is 1. The standard InChI is InChI=1S/C23H26N4O2S/c1-15-8-6-7-9-18(15)20-25-26-22(27(20)5)30-14-19(28)16-10-12-17(13-11-16)24-21(29)23(2,3)4/h6-13H,14H2,1-5H3,(H,24,29). The predicted molar refractivity (Wildman–Crippen MR) is 121 cm³/mol. The van der Waals surface area contributed by atoms with Gasteiger partial charge in [0.05, 0.1) is 5.75 Å². The zero-order chi connectivity index (χ0) is 21.9. The normalized spacial score (nSPS) is 11.4. The molecule has 1 aromatic heterocycles. The lowest BCUT2D eigenvalue weighted by Gasteiger charge is -2.17. The molecule has 2 aromatic carbocycles. The zero-order valence-electron chi connectivity index (χ0n) is 17.9. The Bertz CT molecular complexity index is 1070. The fraction of sp³-hybridized carbons (Fsp3) is 0.304. The van der Waals surface area contributed by atoms with E-state index in [-0.39, 0.29) is 17.4 Å². The van der Waals surface area contributed by atoms with Gasteiger partial charge in [-0.15, -0.1) is 10.2 Å². The highest BCUT2D eigenvalue weighted by Crippen LogP contribution is 2.25. The van der Waals surface area contributed by atoms with E-state index < -0.39 is 5.41 Å². The lowest BCUT2D eigenvalue weighted by atomic mass is 9.95. The van der Waals surface area contributed by atoms with Crippen LogP contribution in [-0.2, 0) is 11.8 Å². The fourth-order valence-electron chi connectivity index (χ4n) is 2.77. The third-order valence-corrected chi connectivity index (χ3v) is 5.72. The number of aromatic nitrogens is 3. The van der Waals surface area contributed by atoms with E-state index in [1.807, 2.05) is 63.6 Å². The largest absolute Gasteiger partial charge is 0.326 e. The minimum atomic E-state index is -0.474. The van der Waals surface area contributed by atoms with Gasteiger partial charge in [-0.3, -0.25) is 9.59 Å². The molecule has 0 fully saturated rings. The molecule has 3 aromatic rings. The quantitative estimate of drug-likeness (QED) is 0.458. The van der Waals surface area contributed by atoms with Crippen LogP contribution in [0.1, 0.15) is 36.7 Å². The predicted octanol–water partition coefficient (Wildman–Crippen LogP) is 4.75. The number of nitrogens with zero attached hydrogens (tertiary/aromatic N) is 3. The van der Waals surface area contributed by atoms with Crippen LogP contribution in [0.15, 0.2) is 53.7 Å². The highest BCUT2D eigenvalue weighted by atomic mass is 32.2. The first kappa shape index (κ1) is 21.8. The Kier molecular flexibility index (Phi) is 6.41. The van der Waals surface area contributed by atoms with Gasteiger partial charge in [-0.1, -0.05) is 56.8 Å². The smallest absolute Gasteiger partial charge is 0.229 e. The molecule has 1 amide bonds. The average Bonchev–Trinajstić information content (AvgIpc) is 3.06. The van der Waals surface area contributed by atoms with E-state index >= 15 is 0 Å². The second kappa shape index (κ2) is 8.83. The van der Waals surface area contributed by atoms with Gasteiger partial charge in [-0.05, 0) is 36.8 Å². The topological polar surface area (TPSA) is 76.9 Å². The lowest BCUT2D eigenvalue weighted by molar-refractivity contribution is -0.123. The molecule has 1 N–H and O–H groups in total. The molecule has 0 aliphatic heterocycles. The third-order valence-electron chi connectivity index (χ3n) is 4.70. The fourth-order valence-corrected chi connectivity index (χ4v) is 3.58. The van der Waals surface area contributed by atoms with Gasteiger partial charge in [-0.2, -0.15) is 0 Å². The van der Waals surface area contributed by atoms with Gasteiger partial charge in [0.2, 0.25) is 5.91 Å². The second-order valence-electron chi connectivity index (χ2n) is 8.17. The van der Waals surface area contributed by atoms with Gasteiger partial charge in [-0.25, -0.2) is 0 Å². The van der Waals surface area contributed by atoms with Gasteiger partial charge in [0.25, 0.3) is 0 Å². The molecule has 0 radical (unpaired) electrons. The Balaban J connectivity index is 1.64. The number of hydrogen-bond acceptors (Lipinski definition) is 5. The van der Waals surface area contributed by atoms with Gasteiger partial charge in [0, 0.05) is 29.3 Å². The Morgan fingerprint density at radius 3 is 2.33 bits per heavy atom. The summed E-state index contributed by atoms with van der Waals surface area (Å²) in [4.78, 5) is 24.7. The molecule has 0 unspecified atom stereocenters. The van der Waals surface area contributed by atoms with Crippen molar-refractivity contribution < 1.29 is 9.59 Å². The summed E-state index contributed by atoms with van der Waals surface area (Å²) in [6.07, 6.45) is 0. The molecule has 0 spiro atoms. The zero-order valence-corrected chi connectivity index (χ0v) is 18.7. The maximum absolute atomic E-state index is 12.6.